The highest BCUT2D eigenvalue weighted by molar-refractivity contribution is 7.54. The van der Waals surface area contributed by atoms with Gasteiger partial charge in [0.05, 0.1) is 0 Å². The van der Waals surface area contributed by atoms with Crippen LogP contribution >= 0.6 is 15.2 Å². The molecule has 0 unspecified atom stereocenters. The van der Waals surface area contributed by atoms with Crippen molar-refractivity contribution < 1.29 is 37.4 Å². The van der Waals surface area contributed by atoms with E-state index in [1.807, 2.05) is 0 Å². The summed E-state index contributed by atoms with van der Waals surface area (Å²) in [7, 11) is -3.58. The molecule has 0 aromatic rings. The first-order chi connectivity index (χ1) is 6.95. The van der Waals surface area contributed by atoms with Crippen molar-refractivity contribution in [2.45, 2.75) is 0 Å². The van der Waals surface area contributed by atoms with Gasteiger partial charge in [-0.25, -0.2) is 0 Å². The van der Waals surface area contributed by atoms with E-state index < -0.39 is 27.9 Å². The first kappa shape index (κ1) is 15.2. The average molecular weight is 264 g/mol. The number of hydrogen-bond acceptors (Lipinski definition) is 8. The second kappa shape index (κ2) is 6.73. The Labute approximate surface area is 87.2 Å². The molecular weight excluding hydrogens is 250 g/mol. The Hall–Kier alpha value is 0.220. The van der Waals surface area contributed by atoms with Gasteiger partial charge in [0.1, 0.15) is 12.7 Å². The van der Waals surface area contributed by atoms with E-state index in [9.17, 15) is 9.13 Å². The van der Waals surface area contributed by atoms with Crippen molar-refractivity contribution >= 4 is 15.2 Å². The topological polar surface area (TPSA) is 112 Å². The predicted molar refractivity (Wildman–Crippen MR) is 50.4 cm³/mol. The summed E-state index contributed by atoms with van der Waals surface area (Å²) in [4.78, 5) is 0. The highest BCUT2D eigenvalue weighted by Gasteiger charge is 2.32. The molecule has 0 radical (unpaired) electrons. The molecular formula is C5H14O8P2. The van der Waals surface area contributed by atoms with Crippen molar-refractivity contribution in [3.05, 3.63) is 0 Å². The fourth-order valence-electron chi connectivity index (χ4n) is 0.442. The summed E-state index contributed by atoms with van der Waals surface area (Å²) in [6, 6.07) is 0. The lowest BCUT2D eigenvalue weighted by atomic mass is 11.5. The molecule has 0 amide bonds. The zero-order valence-corrected chi connectivity index (χ0v) is 10.1. The van der Waals surface area contributed by atoms with E-state index in [2.05, 4.69) is 18.1 Å². The van der Waals surface area contributed by atoms with Gasteiger partial charge < -0.3 is 19.3 Å². The molecule has 1 saturated heterocycles. The van der Waals surface area contributed by atoms with Crippen molar-refractivity contribution in [2.75, 3.05) is 33.7 Å². The molecule has 0 spiro atoms. The van der Waals surface area contributed by atoms with E-state index in [0.717, 1.165) is 0 Å². The van der Waals surface area contributed by atoms with E-state index in [-0.39, 0.29) is 6.79 Å². The summed E-state index contributed by atoms with van der Waals surface area (Å²) >= 11 is 0. The van der Waals surface area contributed by atoms with Crippen LogP contribution in [-0.2, 0) is 27.2 Å². The number of aliphatic hydroxyl groups excluding tert-OH is 2. The van der Waals surface area contributed by atoms with Crippen LogP contribution in [0.1, 0.15) is 0 Å². The molecule has 2 N–H and O–H groups in total. The van der Waals surface area contributed by atoms with Crippen LogP contribution in [0.3, 0.4) is 0 Å². The third kappa shape index (κ3) is 5.19. The van der Waals surface area contributed by atoms with Crippen LogP contribution < -0.4 is 0 Å². The molecule has 0 aliphatic carbocycles. The van der Waals surface area contributed by atoms with Crippen LogP contribution in [0, 0.1) is 0 Å². The smallest absolute Gasteiger partial charge is 0.360 e. The van der Waals surface area contributed by atoms with Crippen molar-refractivity contribution in [1.29, 1.82) is 0 Å². The summed E-state index contributed by atoms with van der Waals surface area (Å²) < 4.78 is 38.3. The molecule has 1 aliphatic heterocycles. The third-order valence-electron chi connectivity index (χ3n) is 1.40. The maximum Gasteiger partial charge on any atom is 0.360 e. The minimum Gasteiger partial charge on any atom is -0.384 e. The fraction of sp³-hybridized carbons (Fsp3) is 1.00. The molecule has 92 valence electrons. The van der Waals surface area contributed by atoms with Gasteiger partial charge in [0, 0.05) is 14.2 Å². The van der Waals surface area contributed by atoms with E-state index in [1.165, 1.54) is 14.2 Å². The summed E-state index contributed by atoms with van der Waals surface area (Å²) in [6.07, 6.45) is -1.08. The lowest BCUT2D eigenvalue weighted by Gasteiger charge is -2.23. The molecule has 0 saturated carbocycles. The maximum atomic E-state index is 10.6. The Bertz CT molecular complexity index is 230. The molecule has 1 fully saturated rings. The minimum atomic E-state index is -3.11. The maximum absolute atomic E-state index is 10.6. The number of rotatable bonds is 4. The van der Waals surface area contributed by atoms with Gasteiger partial charge in [-0.2, -0.15) is 0 Å². The van der Waals surface area contributed by atoms with Crippen LogP contribution in [0.2, 0.25) is 0 Å². The van der Waals surface area contributed by atoms with Crippen molar-refractivity contribution in [1.82, 2.24) is 0 Å². The molecule has 1 aliphatic rings. The van der Waals surface area contributed by atoms with Gasteiger partial charge in [0.2, 0.25) is 0 Å². The van der Waals surface area contributed by atoms with Crippen LogP contribution in [0.4, 0.5) is 0 Å². The lowest BCUT2D eigenvalue weighted by molar-refractivity contribution is -0.000420. The minimum absolute atomic E-state index is 0.0534. The molecule has 8 nitrogen and oxygen atoms in total. The Kier molecular flexibility index (Phi) is 6.83. The standard InChI is InChI=1S/C3H9O4P.C2H5O4P/c1-6-8(5,3-4)7-2;3-1-7(4)5-2-6-7/h4H,3H2,1-2H3;3H,1-2H2. The zero-order chi connectivity index (χ0) is 11.9. The quantitative estimate of drug-likeness (QED) is 0.708. The first-order valence-electron chi connectivity index (χ1n) is 3.75. The second-order valence-corrected chi connectivity index (χ2v) is 6.50. The van der Waals surface area contributed by atoms with Crippen LogP contribution in [0.25, 0.3) is 0 Å². The molecule has 15 heavy (non-hydrogen) atoms. The Morgan fingerprint density at radius 2 is 1.80 bits per heavy atom. The molecule has 0 atom stereocenters. The molecule has 0 aromatic heterocycles. The number of hydrogen-bond donors (Lipinski definition) is 2. The summed E-state index contributed by atoms with van der Waals surface area (Å²) in [5.74, 6) is 0. The van der Waals surface area contributed by atoms with Gasteiger partial charge in [-0.05, 0) is 0 Å². The van der Waals surface area contributed by atoms with Gasteiger partial charge in [-0.1, -0.05) is 0 Å². The van der Waals surface area contributed by atoms with Gasteiger partial charge in [0.15, 0.2) is 6.79 Å². The van der Waals surface area contributed by atoms with Crippen LogP contribution in [0.15, 0.2) is 0 Å². The van der Waals surface area contributed by atoms with Crippen molar-refractivity contribution in [3.8, 4) is 0 Å². The van der Waals surface area contributed by atoms with Crippen molar-refractivity contribution in [3.63, 3.8) is 0 Å². The molecule has 1 heterocycles. The SMILES string of the molecule is COP(=O)(CO)OC.O=P1(CO)OCO1. The van der Waals surface area contributed by atoms with Gasteiger partial charge in [-0.15, -0.1) is 0 Å². The summed E-state index contributed by atoms with van der Waals surface area (Å²) in [5, 5.41) is 16.4. The Morgan fingerprint density at radius 3 is 1.80 bits per heavy atom. The second-order valence-electron chi connectivity index (χ2n) is 2.25. The normalized spacial score (nSPS) is 18.7. The van der Waals surface area contributed by atoms with E-state index in [1.54, 1.807) is 0 Å². The molecule has 0 bridgehead atoms. The first-order valence-corrected chi connectivity index (χ1v) is 7.21. The molecule has 10 heteroatoms. The molecule has 1 rings (SSSR count). The van der Waals surface area contributed by atoms with Crippen LogP contribution in [0.5, 0.6) is 0 Å². The third-order valence-corrected chi connectivity index (χ3v) is 4.20. The zero-order valence-electron chi connectivity index (χ0n) is 8.36. The lowest BCUT2D eigenvalue weighted by Crippen LogP contribution is -2.12. The highest BCUT2D eigenvalue weighted by Crippen LogP contribution is 2.54. The van der Waals surface area contributed by atoms with Crippen LogP contribution in [-0.4, -0.2) is 43.9 Å². The number of aliphatic hydroxyl groups is 2. The predicted octanol–water partition coefficient (Wildman–Crippen LogP) is 0.556. The van der Waals surface area contributed by atoms with Gasteiger partial charge in [-0.3, -0.25) is 18.2 Å². The fourth-order valence-corrected chi connectivity index (χ4v) is 1.33. The Morgan fingerprint density at radius 1 is 1.33 bits per heavy atom. The van der Waals surface area contributed by atoms with Gasteiger partial charge in [0.25, 0.3) is 0 Å². The monoisotopic (exact) mass is 264 g/mol. The molecule has 0 aromatic carbocycles. The van der Waals surface area contributed by atoms with Gasteiger partial charge >= 0.3 is 15.2 Å². The average Bonchev–Trinajstić information content (AvgIpc) is 2.25. The van der Waals surface area contributed by atoms with E-state index in [4.69, 9.17) is 10.2 Å². The van der Waals surface area contributed by atoms with E-state index in [0.29, 0.717) is 0 Å². The largest absolute Gasteiger partial charge is 0.384 e. The van der Waals surface area contributed by atoms with Crippen molar-refractivity contribution in [2.24, 2.45) is 0 Å². The highest BCUT2D eigenvalue weighted by atomic mass is 31.2. The summed E-state index contributed by atoms with van der Waals surface area (Å²) in [5.41, 5.74) is 0. The Balaban J connectivity index is 0.000000262. The van der Waals surface area contributed by atoms with E-state index >= 15 is 0 Å². The summed E-state index contributed by atoms with van der Waals surface area (Å²) in [6.45, 7) is 0.0534.